The number of hydrogen-bond acceptors (Lipinski definition) is 1. The van der Waals surface area contributed by atoms with E-state index in [0.717, 1.165) is 6.07 Å². The van der Waals surface area contributed by atoms with E-state index in [-0.39, 0.29) is 17.1 Å². The van der Waals surface area contributed by atoms with E-state index >= 15 is 0 Å². The molecule has 118 valence electrons. The highest BCUT2D eigenvalue weighted by Crippen LogP contribution is 2.48. The van der Waals surface area contributed by atoms with Crippen molar-refractivity contribution in [2.75, 3.05) is 0 Å². The van der Waals surface area contributed by atoms with Gasteiger partial charge in [-0.3, -0.25) is 0 Å². The van der Waals surface area contributed by atoms with Crippen molar-refractivity contribution in [1.29, 1.82) is 0 Å². The molecule has 0 fully saturated rings. The van der Waals surface area contributed by atoms with E-state index in [0.29, 0.717) is 0 Å². The zero-order chi connectivity index (χ0) is 16.5. The van der Waals surface area contributed by atoms with Gasteiger partial charge in [-0.2, -0.15) is 30.7 Å². The molecule has 0 radical (unpaired) electrons. The maximum atomic E-state index is 13.2. The number of halogens is 9. The zero-order valence-corrected chi connectivity index (χ0v) is 11.4. The first-order chi connectivity index (χ1) is 9.45. The molecule has 1 aromatic rings. The summed E-state index contributed by atoms with van der Waals surface area (Å²) in [6.45, 7) is 0. The predicted octanol–water partition coefficient (Wildman–Crippen LogP) is 5.53. The first-order valence-electron chi connectivity index (χ1n) is 5.16. The molecule has 0 spiro atoms. The Hall–Kier alpha value is -1.02. The Kier molecular flexibility index (Phi) is 5.15. The zero-order valence-electron chi connectivity index (χ0n) is 9.87. The van der Waals surface area contributed by atoms with Gasteiger partial charge in [0, 0.05) is 5.88 Å². The fourth-order valence-corrected chi connectivity index (χ4v) is 1.65. The van der Waals surface area contributed by atoms with Crippen LogP contribution in [0.3, 0.4) is 0 Å². The van der Waals surface area contributed by atoms with Crippen LogP contribution in [0.4, 0.5) is 36.4 Å². The van der Waals surface area contributed by atoms with Gasteiger partial charge in [0.1, 0.15) is 0 Å². The van der Waals surface area contributed by atoms with Gasteiger partial charge in [-0.25, -0.2) is 4.99 Å². The van der Waals surface area contributed by atoms with Gasteiger partial charge in [0.05, 0.1) is 5.69 Å². The Morgan fingerprint density at radius 3 is 2.00 bits per heavy atom. The Bertz CT molecular complexity index is 540. The number of aliphatic imine (C=N–C) groups is 1. The van der Waals surface area contributed by atoms with Crippen molar-refractivity contribution >= 4 is 34.1 Å². The molecule has 0 unspecified atom stereocenters. The second kappa shape index (κ2) is 6.00. The number of hydrogen-bond donors (Lipinski definition) is 0. The fourth-order valence-electron chi connectivity index (χ4n) is 1.22. The molecule has 0 aliphatic rings. The lowest BCUT2D eigenvalue weighted by Gasteiger charge is -2.27. The summed E-state index contributed by atoms with van der Waals surface area (Å²) in [5.41, 5.74) is -0.182. The van der Waals surface area contributed by atoms with Gasteiger partial charge in [0.15, 0.2) is 5.17 Å². The summed E-state index contributed by atoms with van der Waals surface area (Å²) in [7, 11) is 0. The van der Waals surface area contributed by atoms with Gasteiger partial charge in [0.25, 0.3) is 0 Å². The van der Waals surface area contributed by atoms with Crippen LogP contribution >= 0.6 is 23.2 Å². The third-order valence-corrected chi connectivity index (χ3v) is 2.97. The topological polar surface area (TPSA) is 12.4 Å². The molecule has 0 aromatic heterocycles. The van der Waals surface area contributed by atoms with Gasteiger partial charge in [0.2, 0.25) is 0 Å². The minimum Gasteiger partial charge on any atom is -0.234 e. The van der Waals surface area contributed by atoms with Crippen molar-refractivity contribution in [3.05, 3.63) is 29.8 Å². The van der Waals surface area contributed by atoms with Crippen molar-refractivity contribution in [2.24, 2.45) is 4.99 Å². The monoisotopic (exact) mass is 355 g/mol. The van der Waals surface area contributed by atoms with E-state index in [1.165, 1.54) is 18.2 Å². The molecule has 0 bridgehead atoms. The fraction of sp³-hybridized carbons (Fsp3) is 0.364. The summed E-state index contributed by atoms with van der Waals surface area (Å²) < 4.78 is 88.1. The molecule has 0 N–H and O–H groups in total. The smallest absolute Gasteiger partial charge is 0.234 e. The van der Waals surface area contributed by atoms with E-state index in [2.05, 4.69) is 4.99 Å². The van der Waals surface area contributed by atoms with E-state index in [1.807, 2.05) is 0 Å². The van der Waals surface area contributed by atoms with E-state index < -0.39 is 23.2 Å². The largest absolute Gasteiger partial charge is 0.460 e. The Morgan fingerprint density at radius 2 is 1.52 bits per heavy atom. The van der Waals surface area contributed by atoms with Crippen molar-refractivity contribution in [3.8, 4) is 0 Å². The third-order valence-electron chi connectivity index (χ3n) is 2.36. The lowest BCUT2D eigenvalue weighted by Crippen LogP contribution is -2.54. The van der Waals surface area contributed by atoms with Crippen LogP contribution in [0.2, 0.25) is 0 Å². The second-order valence-corrected chi connectivity index (χ2v) is 4.44. The van der Waals surface area contributed by atoms with Gasteiger partial charge in [-0.05, 0) is 11.6 Å². The van der Waals surface area contributed by atoms with Crippen LogP contribution in [-0.4, -0.2) is 23.2 Å². The Labute approximate surface area is 124 Å². The maximum absolute atomic E-state index is 13.2. The molecule has 0 aliphatic carbocycles. The van der Waals surface area contributed by atoms with Crippen molar-refractivity contribution in [3.63, 3.8) is 0 Å². The average Bonchev–Trinajstić information content (AvgIpc) is 2.37. The first kappa shape index (κ1) is 18.0. The molecule has 1 rings (SSSR count). The SMILES string of the molecule is FC(F)(F)C(F)(F)C(F)(F)C(Cl)=Nc1ccccc1CCl. The van der Waals surface area contributed by atoms with Crippen LogP contribution in [0.5, 0.6) is 0 Å². The van der Waals surface area contributed by atoms with Crippen molar-refractivity contribution in [2.45, 2.75) is 23.9 Å². The Morgan fingerprint density at radius 1 is 1.00 bits per heavy atom. The average molecular weight is 356 g/mol. The normalized spacial score (nSPS) is 14.4. The maximum Gasteiger partial charge on any atom is 0.460 e. The number of benzene rings is 1. The minimum atomic E-state index is -6.47. The molecular weight excluding hydrogens is 350 g/mol. The van der Waals surface area contributed by atoms with Crippen LogP contribution in [-0.2, 0) is 5.88 Å². The number of nitrogens with zero attached hydrogens (tertiary/aromatic N) is 1. The van der Waals surface area contributed by atoms with E-state index in [9.17, 15) is 30.7 Å². The highest BCUT2D eigenvalue weighted by molar-refractivity contribution is 6.67. The first-order valence-corrected chi connectivity index (χ1v) is 6.07. The van der Waals surface area contributed by atoms with Crippen molar-refractivity contribution < 1.29 is 30.7 Å². The van der Waals surface area contributed by atoms with E-state index in [4.69, 9.17) is 23.2 Å². The summed E-state index contributed by atoms with van der Waals surface area (Å²) >= 11 is 10.4. The van der Waals surface area contributed by atoms with E-state index in [1.54, 1.807) is 0 Å². The molecule has 1 nitrogen and oxygen atoms in total. The number of rotatable bonds is 4. The molecule has 0 heterocycles. The number of para-hydroxylation sites is 1. The standard InChI is InChI=1S/C11H6Cl2F7N/c12-5-6-3-1-2-4-7(6)21-8(13)9(14,15)10(16,17)11(18,19)20/h1-4H,5H2. The highest BCUT2D eigenvalue weighted by atomic mass is 35.5. The molecular formula is C11H6Cl2F7N. The second-order valence-electron chi connectivity index (χ2n) is 3.81. The Balaban J connectivity index is 3.28. The number of alkyl halides is 8. The summed E-state index contributed by atoms with van der Waals surface area (Å²) in [6, 6.07) is 5.18. The highest BCUT2D eigenvalue weighted by Gasteiger charge is 2.75. The minimum absolute atomic E-state index is 0.142. The van der Waals surface area contributed by atoms with Gasteiger partial charge < -0.3 is 0 Å². The predicted molar refractivity (Wildman–Crippen MR) is 64.9 cm³/mol. The molecule has 10 heteroatoms. The van der Waals surface area contributed by atoms with Crippen LogP contribution in [0, 0.1) is 0 Å². The molecule has 0 saturated carbocycles. The summed E-state index contributed by atoms with van der Waals surface area (Å²) in [6.07, 6.45) is -6.47. The summed E-state index contributed by atoms with van der Waals surface area (Å²) in [5, 5.41) is -2.18. The lowest BCUT2D eigenvalue weighted by molar-refractivity contribution is -0.335. The molecule has 0 atom stereocenters. The summed E-state index contributed by atoms with van der Waals surface area (Å²) in [4.78, 5) is 2.95. The molecule has 0 saturated heterocycles. The summed E-state index contributed by atoms with van der Waals surface area (Å²) in [5.74, 6) is -12.3. The van der Waals surface area contributed by atoms with Gasteiger partial charge in [-0.1, -0.05) is 29.8 Å². The third kappa shape index (κ3) is 3.42. The van der Waals surface area contributed by atoms with Crippen LogP contribution in [0.15, 0.2) is 29.3 Å². The molecule has 0 aliphatic heterocycles. The van der Waals surface area contributed by atoms with Crippen molar-refractivity contribution in [1.82, 2.24) is 0 Å². The molecule has 1 aromatic carbocycles. The molecule has 0 amide bonds. The molecule has 21 heavy (non-hydrogen) atoms. The van der Waals surface area contributed by atoms with Crippen LogP contribution in [0.25, 0.3) is 0 Å². The quantitative estimate of drug-likeness (QED) is 0.382. The van der Waals surface area contributed by atoms with Gasteiger partial charge >= 0.3 is 18.0 Å². The van der Waals surface area contributed by atoms with Crippen LogP contribution < -0.4 is 0 Å². The van der Waals surface area contributed by atoms with Gasteiger partial charge in [-0.15, -0.1) is 11.6 Å². The van der Waals surface area contributed by atoms with Crippen LogP contribution in [0.1, 0.15) is 5.56 Å². The lowest BCUT2D eigenvalue weighted by atomic mass is 10.1.